The molecule has 0 saturated carbocycles. The summed E-state index contributed by atoms with van der Waals surface area (Å²) in [6, 6.07) is 8.30. The van der Waals surface area contributed by atoms with Crippen LogP contribution in [-0.2, 0) is 30.4 Å². The fourth-order valence-electron chi connectivity index (χ4n) is 4.54. The number of hydrogen-bond donors (Lipinski definition) is 2. The van der Waals surface area contributed by atoms with Gasteiger partial charge in [-0.3, -0.25) is 4.68 Å². The SMILES string of the molecule is Cc1nn(C)c(N2CCOCC2)c1CNCC1(O)CCCc2ccccc21. The summed E-state index contributed by atoms with van der Waals surface area (Å²) in [7, 11) is 2.01. The molecule has 0 bridgehead atoms. The van der Waals surface area contributed by atoms with Gasteiger partial charge in [-0.1, -0.05) is 24.3 Å². The van der Waals surface area contributed by atoms with Gasteiger partial charge in [-0.25, -0.2) is 0 Å². The minimum atomic E-state index is -0.788. The summed E-state index contributed by atoms with van der Waals surface area (Å²) < 4.78 is 7.47. The molecule has 4 rings (SSSR count). The summed E-state index contributed by atoms with van der Waals surface area (Å²) in [5.74, 6) is 1.17. The van der Waals surface area contributed by atoms with E-state index in [1.165, 1.54) is 16.9 Å². The molecular weight excluding hydrogens is 340 g/mol. The Kier molecular flexibility index (Phi) is 5.21. The van der Waals surface area contributed by atoms with Gasteiger partial charge in [0.1, 0.15) is 11.4 Å². The molecule has 0 radical (unpaired) electrons. The van der Waals surface area contributed by atoms with Crippen molar-refractivity contribution in [2.24, 2.45) is 7.05 Å². The lowest BCUT2D eigenvalue weighted by Gasteiger charge is -2.35. The van der Waals surface area contributed by atoms with Gasteiger partial charge >= 0.3 is 0 Å². The van der Waals surface area contributed by atoms with Gasteiger partial charge in [0.2, 0.25) is 0 Å². The molecule has 1 aromatic carbocycles. The maximum Gasteiger partial charge on any atom is 0.131 e. The zero-order valence-corrected chi connectivity index (χ0v) is 16.4. The number of ether oxygens (including phenoxy) is 1. The summed E-state index contributed by atoms with van der Waals surface area (Å²) in [5, 5.41) is 19.4. The normalized spacial score (nSPS) is 22.7. The molecule has 6 heteroatoms. The van der Waals surface area contributed by atoms with E-state index < -0.39 is 5.60 Å². The van der Waals surface area contributed by atoms with Crippen LogP contribution in [0.25, 0.3) is 0 Å². The number of fused-ring (bicyclic) bond motifs is 1. The first-order valence-corrected chi connectivity index (χ1v) is 9.95. The van der Waals surface area contributed by atoms with E-state index in [0.717, 1.165) is 56.8 Å². The minimum Gasteiger partial charge on any atom is -0.384 e. The summed E-state index contributed by atoms with van der Waals surface area (Å²) in [4.78, 5) is 2.35. The van der Waals surface area contributed by atoms with Crippen molar-refractivity contribution in [3.8, 4) is 0 Å². The molecule has 1 aromatic heterocycles. The minimum absolute atomic E-state index is 0.556. The molecule has 0 spiro atoms. The van der Waals surface area contributed by atoms with Crippen LogP contribution in [0.1, 0.15) is 35.2 Å². The topological polar surface area (TPSA) is 62.5 Å². The number of morpholine rings is 1. The molecule has 1 aliphatic heterocycles. The van der Waals surface area contributed by atoms with Crippen molar-refractivity contribution in [3.05, 3.63) is 46.6 Å². The third kappa shape index (κ3) is 3.61. The molecule has 2 N–H and O–H groups in total. The molecular formula is C21H30N4O2. The van der Waals surface area contributed by atoms with E-state index in [-0.39, 0.29) is 0 Å². The fourth-order valence-corrected chi connectivity index (χ4v) is 4.54. The Morgan fingerprint density at radius 2 is 2.04 bits per heavy atom. The Hall–Kier alpha value is -1.89. The van der Waals surface area contributed by atoms with Crippen LogP contribution in [0.4, 0.5) is 5.82 Å². The molecule has 1 saturated heterocycles. The second-order valence-corrected chi connectivity index (χ2v) is 7.76. The van der Waals surface area contributed by atoms with Gasteiger partial charge in [0.05, 0.1) is 18.9 Å². The number of rotatable bonds is 5. The van der Waals surface area contributed by atoms with E-state index in [2.05, 4.69) is 40.4 Å². The molecule has 146 valence electrons. The van der Waals surface area contributed by atoms with E-state index >= 15 is 0 Å². The van der Waals surface area contributed by atoms with Crippen molar-refractivity contribution in [3.63, 3.8) is 0 Å². The zero-order valence-electron chi connectivity index (χ0n) is 16.4. The van der Waals surface area contributed by atoms with Crippen molar-refractivity contribution in [2.45, 2.75) is 38.3 Å². The van der Waals surface area contributed by atoms with Gasteiger partial charge in [0.15, 0.2) is 0 Å². The fraction of sp³-hybridized carbons (Fsp3) is 0.571. The Morgan fingerprint density at radius 3 is 2.85 bits per heavy atom. The van der Waals surface area contributed by atoms with Crippen LogP contribution in [0, 0.1) is 6.92 Å². The Bertz CT molecular complexity index is 797. The zero-order chi connectivity index (χ0) is 18.9. The molecule has 1 atom stereocenters. The highest BCUT2D eigenvalue weighted by atomic mass is 16.5. The molecule has 0 amide bonds. The van der Waals surface area contributed by atoms with Crippen LogP contribution in [0.2, 0.25) is 0 Å². The number of hydrogen-bond acceptors (Lipinski definition) is 5. The molecule has 1 unspecified atom stereocenters. The average Bonchev–Trinajstić information content (AvgIpc) is 2.96. The molecule has 2 aromatic rings. The molecule has 1 fully saturated rings. The Morgan fingerprint density at radius 1 is 1.26 bits per heavy atom. The number of aliphatic hydroxyl groups is 1. The smallest absolute Gasteiger partial charge is 0.131 e. The monoisotopic (exact) mass is 370 g/mol. The second kappa shape index (κ2) is 7.62. The van der Waals surface area contributed by atoms with Crippen molar-refractivity contribution >= 4 is 5.82 Å². The highest BCUT2D eigenvalue weighted by molar-refractivity contribution is 5.50. The lowest BCUT2D eigenvalue weighted by Crippen LogP contribution is -2.41. The van der Waals surface area contributed by atoms with Crippen molar-refractivity contribution in [1.29, 1.82) is 0 Å². The van der Waals surface area contributed by atoms with E-state index in [0.29, 0.717) is 13.1 Å². The first kappa shape index (κ1) is 18.5. The van der Waals surface area contributed by atoms with Crippen LogP contribution < -0.4 is 10.2 Å². The number of aryl methyl sites for hydroxylation is 3. The van der Waals surface area contributed by atoms with Crippen LogP contribution in [0.15, 0.2) is 24.3 Å². The standard InChI is InChI=1S/C21H30N4O2/c1-16-18(20(24(2)23-16)25-10-12-27-13-11-25)14-22-15-21(26)9-5-7-17-6-3-4-8-19(17)21/h3-4,6,8,22,26H,5,7,9-15H2,1-2H3. The molecule has 2 heterocycles. The maximum atomic E-state index is 11.3. The molecule has 2 aliphatic rings. The third-order valence-electron chi connectivity index (χ3n) is 5.90. The summed E-state index contributed by atoms with van der Waals surface area (Å²) in [6.45, 7) is 6.62. The van der Waals surface area contributed by atoms with Gasteiger partial charge in [0, 0.05) is 38.8 Å². The number of benzene rings is 1. The molecule has 27 heavy (non-hydrogen) atoms. The number of nitrogens with one attached hydrogen (secondary N) is 1. The predicted octanol–water partition coefficient (Wildman–Crippen LogP) is 1.88. The van der Waals surface area contributed by atoms with Crippen molar-refractivity contribution < 1.29 is 9.84 Å². The number of anilines is 1. The molecule has 6 nitrogen and oxygen atoms in total. The first-order valence-electron chi connectivity index (χ1n) is 9.95. The lowest BCUT2D eigenvalue weighted by atomic mass is 9.79. The van der Waals surface area contributed by atoms with Crippen LogP contribution in [0.3, 0.4) is 0 Å². The van der Waals surface area contributed by atoms with E-state index in [1.54, 1.807) is 0 Å². The molecule has 1 aliphatic carbocycles. The van der Waals surface area contributed by atoms with Crippen LogP contribution in [0.5, 0.6) is 0 Å². The van der Waals surface area contributed by atoms with Crippen LogP contribution in [-0.4, -0.2) is 47.7 Å². The van der Waals surface area contributed by atoms with Gasteiger partial charge in [0.25, 0.3) is 0 Å². The second-order valence-electron chi connectivity index (χ2n) is 7.76. The van der Waals surface area contributed by atoms with Gasteiger partial charge in [-0.2, -0.15) is 5.10 Å². The van der Waals surface area contributed by atoms with Gasteiger partial charge in [-0.05, 0) is 37.3 Å². The third-order valence-corrected chi connectivity index (χ3v) is 5.90. The van der Waals surface area contributed by atoms with Gasteiger partial charge < -0.3 is 20.1 Å². The van der Waals surface area contributed by atoms with Crippen molar-refractivity contribution in [1.82, 2.24) is 15.1 Å². The summed E-state index contributed by atoms with van der Waals surface area (Å²) in [6.07, 6.45) is 2.89. The van der Waals surface area contributed by atoms with E-state index in [4.69, 9.17) is 4.74 Å². The number of aromatic nitrogens is 2. The lowest BCUT2D eigenvalue weighted by molar-refractivity contribution is 0.0189. The summed E-state index contributed by atoms with van der Waals surface area (Å²) >= 11 is 0. The first-order chi connectivity index (χ1) is 13.1. The van der Waals surface area contributed by atoms with Crippen molar-refractivity contribution in [2.75, 3.05) is 37.7 Å². The van der Waals surface area contributed by atoms with E-state index in [9.17, 15) is 5.11 Å². The summed E-state index contributed by atoms with van der Waals surface area (Å²) in [5.41, 5.74) is 3.83. The van der Waals surface area contributed by atoms with Crippen LogP contribution >= 0.6 is 0 Å². The van der Waals surface area contributed by atoms with E-state index in [1.807, 2.05) is 17.8 Å². The Labute approximate surface area is 161 Å². The Balaban J connectivity index is 1.49. The predicted molar refractivity (Wildman–Crippen MR) is 106 cm³/mol. The quantitative estimate of drug-likeness (QED) is 0.841. The average molecular weight is 370 g/mol. The highest BCUT2D eigenvalue weighted by Gasteiger charge is 2.34. The number of nitrogens with zero attached hydrogens (tertiary/aromatic N) is 3. The highest BCUT2D eigenvalue weighted by Crippen LogP contribution is 2.35. The maximum absolute atomic E-state index is 11.3. The largest absolute Gasteiger partial charge is 0.384 e. The van der Waals surface area contributed by atoms with Gasteiger partial charge in [-0.15, -0.1) is 0 Å².